The van der Waals surface area contributed by atoms with Gasteiger partial charge < -0.3 is 20.0 Å². The Bertz CT molecular complexity index is 1030. The second-order valence-electron chi connectivity index (χ2n) is 15.2. The minimum atomic E-state index is -0.718. The van der Waals surface area contributed by atoms with E-state index in [0.717, 1.165) is 57.9 Å². The highest BCUT2D eigenvalue weighted by molar-refractivity contribution is 5.97. The van der Waals surface area contributed by atoms with Gasteiger partial charge >= 0.3 is 0 Å². The molecule has 0 aliphatic carbocycles. The molecule has 2 aliphatic rings. The Morgan fingerprint density at radius 2 is 1.56 bits per heavy atom. The van der Waals surface area contributed by atoms with Crippen molar-refractivity contribution in [1.29, 1.82) is 0 Å². The van der Waals surface area contributed by atoms with Crippen LogP contribution in [0.15, 0.2) is 11.6 Å². The van der Waals surface area contributed by atoms with Crippen LogP contribution < -0.4 is 5.32 Å². The molecule has 9 nitrogen and oxygen atoms in total. The number of hydrogen-bond acceptors (Lipinski definition) is 5. The standard InChI is InChI=1S/C36H65N5O4/c1-12-13-14-16-21-38(10)34(44)29-20-18-23-41(29)33(43)27(6)24-30(25(2)3)39(11)35(45)31(36(7,8)9)37-32(42)28-19-15-17-22-40(28)26(4)5/h24-26,28-31H,12-23H2,1-11H3,(H,37,42)/b27-24+/t28?,29-,30+,31+/m0/s1. The van der Waals surface area contributed by atoms with Crippen LogP contribution in [0.4, 0.5) is 0 Å². The van der Waals surface area contributed by atoms with E-state index in [2.05, 4.69) is 31.0 Å². The van der Waals surface area contributed by atoms with Gasteiger partial charge in [-0.1, -0.05) is 73.3 Å². The van der Waals surface area contributed by atoms with E-state index in [-0.39, 0.29) is 47.7 Å². The van der Waals surface area contributed by atoms with Gasteiger partial charge in [-0.15, -0.1) is 0 Å². The van der Waals surface area contributed by atoms with E-state index in [4.69, 9.17) is 0 Å². The Balaban J connectivity index is 2.22. The van der Waals surface area contributed by atoms with Gasteiger partial charge in [0.25, 0.3) is 0 Å². The van der Waals surface area contributed by atoms with Crippen LogP contribution in [0.2, 0.25) is 0 Å². The first kappa shape index (κ1) is 38.8. The molecule has 2 heterocycles. The van der Waals surface area contributed by atoms with Crippen molar-refractivity contribution >= 4 is 23.6 Å². The van der Waals surface area contributed by atoms with Crippen LogP contribution in [0.25, 0.3) is 0 Å². The van der Waals surface area contributed by atoms with Gasteiger partial charge in [-0.05, 0) is 70.8 Å². The molecule has 0 aromatic rings. The summed E-state index contributed by atoms with van der Waals surface area (Å²) in [4.78, 5) is 62.3. The number of carbonyl (C=O) groups is 4. The molecule has 0 saturated carbocycles. The van der Waals surface area contributed by atoms with E-state index < -0.39 is 17.5 Å². The molecule has 2 saturated heterocycles. The Kier molecular flexibility index (Phi) is 15.1. The van der Waals surface area contributed by atoms with E-state index in [9.17, 15) is 19.2 Å². The SMILES string of the molecule is CCCCCCN(C)C(=O)[C@@H]1CCCN1C(=O)/C(C)=C/[C@H](C(C)C)N(C)C(=O)[C@@H](NC(=O)C1CCCCN1C(C)C)C(C)(C)C. The summed E-state index contributed by atoms with van der Waals surface area (Å²) in [6, 6.07) is -1.51. The molecule has 0 aromatic carbocycles. The summed E-state index contributed by atoms with van der Waals surface area (Å²) in [7, 11) is 3.61. The van der Waals surface area contributed by atoms with Crippen molar-refractivity contribution in [2.45, 2.75) is 150 Å². The van der Waals surface area contributed by atoms with Crippen LogP contribution in [0.5, 0.6) is 0 Å². The van der Waals surface area contributed by atoms with E-state index in [0.29, 0.717) is 25.1 Å². The van der Waals surface area contributed by atoms with Crippen molar-refractivity contribution in [3.8, 4) is 0 Å². The molecule has 0 radical (unpaired) electrons. The fourth-order valence-electron chi connectivity index (χ4n) is 6.80. The molecular weight excluding hydrogens is 566 g/mol. The fourth-order valence-corrected chi connectivity index (χ4v) is 6.80. The molecule has 258 valence electrons. The number of likely N-dealkylation sites (tertiary alicyclic amines) is 2. The maximum Gasteiger partial charge on any atom is 0.249 e. The van der Waals surface area contributed by atoms with Gasteiger partial charge in [0, 0.05) is 38.8 Å². The third-order valence-electron chi connectivity index (χ3n) is 9.67. The smallest absolute Gasteiger partial charge is 0.249 e. The number of hydrogen-bond donors (Lipinski definition) is 1. The second-order valence-corrected chi connectivity index (χ2v) is 15.2. The van der Waals surface area contributed by atoms with Crippen molar-refractivity contribution in [3.05, 3.63) is 11.6 Å². The van der Waals surface area contributed by atoms with E-state index >= 15 is 0 Å². The minimum absolute atomic E-state index is 0.00983. The molecular formula is C36H65N5O4. The number of amides is 4. The number of piperidine rings is 1. The first-order valence-corrected chi connectivity index (χ1v) is 17.6. The Morgan fingerprint density at radius 3 is 2.13 bits per heavy atom. The first-order chi connectivity index (χ1) is 21.0. The van der Waals surface area contributed by atoms with Crippen molar-refractivity contribution in [2.75, 3.05) is 33.7 Å². The van der Waals surface area contributed by atoms with Crippen LogP contribution in [-0.2, 0) is 19.2 Å². The first-order valence-electron chi connectivity index (χ1n) is 17.6. The summed E-state index contributed by atoms with van der Waals surface area (Å²) < 4.78 is 0. The van der Waals surface area contributed by atoms with E-state index in [1.165, 1.54) is 0 Å². The molecule has 4 atom stereocenters. The highest BCUT2D eigenvalue weighted by Gasteiger charge is 2.40. The average Bonchev–Trinajstić information content (AvgIpc) is 3.48. The molecule has 4 amide bonds. The maximum absolute atomic E-state index is 14.1. The normalized spacial score (nSPS) is 21.2. The topological polar surface area (TPSA) is 93.3 Å². The summed E-state index contributed by atoms with van der Waals surface area (Å²) in [6.07, 6.45) is 10.6. The lowest BCUT2D eigenvalue weighted by Crippen LogP contribution is -2.60. The summed E-state index contributed by atoms with van der Waals surface area (Å²) in [5, 5.41) is 3.15. The zero-order chi connectivity index (χ0) is 34.1. The van der Waals surface area contributed by atoms with Crippen molar-refractivity contribution < 1.29 is 19.2 Å². The van der Waals surface area contributed by atoms with Gasteiger partial charge in [0.15, 0.2) is 0 Å². The highest BCUT2D eigenvalue weighted by atomic mass is 16.2. The van der Waals surface area contributed by atoms with Crippen molar-refractivity contribution in [3.63, 3.8) is 0 Å². The Labute approximate surface area is 274 Å². The van der Waals surface area contributed by atoms with Crippen molar-refractivity contribution in [2.24, 2.45) is 11.3 Å². The van der Waals surface area contributed by atoms with Crippen LogP contribution in [-0.4, -0.2) is 107 Å². The predicted octanol–water partition coefficient (Wildman–Crippen LogP) is 5.24. The van der Waals surface area contributed by atoms with Gasteiger partial charge in [0.1, 0.15) is 12.1 Å². The van der Waals surface area contributed by atoms with E-state index in [1.54, 1.807) is 28.7 Å². The lowest BCUT2D eigenvalue weighted by atomic mass is 9.84. The molecule has 2 rings (SSSR count). The Morgan fingerprint density at radius 1 is 0.911 bits per heavy atom. The zero-order valence-corrected chi connectivity index (χ0v) is 30.4. The number of carbonyl (C=O) groups excluding carboxylic acids is 4. The lowest BCUT2D eigenvalue weighted by Gasteiger charge is -2.41. The molecule has 1 unspecified atom stereocenters. The molecule has 2 fully saturated rings. The molecule has 45 heavy (non-hydrogen) atoms. The molecule has 0 spiro atoms. The zero-order valence-electron chi connectivity index (χ0n) is 30.4. The molecule has 9 heteroatoms. The lowest BCUT2D eigenvalue weighted by molar-refractivity contribution is -0.142. The quantitative estimate of drug-likeness (QED) is 0.209. The molecule has 0 bridgehead atoms. The van der Waals surface area contributed by atoms with Crippen molar-refractivity contribution in [1.82, 2.24) is 24.9 Å². The fraction of sp³-hybridized carbons (Fsp3) is 0.833. The summed E-state index contributed by atoms with van der Waals surface area (Å²) in [5.74, 6) is -0.373. The molecule has 2 aliphatic heterocycles. The summed E-state index contributed by atoms with van der Waals surface area (Å²) in [6.45, 7) is 20.3. The van der Waals surface area contributed by atoms with Crippen LogP contribution in [0.1, 0.15) is 120 Å². The summed E-state index contributed by atoms with van der Waals surface area (Å²) >= 11 is 0. The van der Waals surface area contributed by atoms with Gasteiger partial charge in [-0.25, -0.2) is 0 Å². The van der Waals surface area contributed by atoms with Gasteiger partial charge in [-0.3, -0.25) is 24.1 Å². The number of unbranched alkanes of at least 4 members (excludes halogenated alkanes) is 3. The van der Waals surface area contributed by atoms with Gasteiger partial charge in [0.2, 0.25) is 23.6 Å². The largest absolute Gasteiger partial charge is 0.344 e. The number of rotatable bonds is 14. The van der Waals surface area contributed by atoms with Gasteiger partial charge in [-0.2, -0.15) is 0 Å². The molecule has 0 aromatic heterocycles. The summed E-state index contributed by atoms with van der Waals surface area (Å²) in [5.41, 5.74) is 0.0184. The maximum atomic E-state index is 14.1. The van der Waals surface area contributed by atoms with Crippen LogP contribution in [0, 0.1) is 11.3 Å². The predicted molar refractivity (Wildman–Crippen MR) is 183 cm³/mol. The third-order valence-corrected chi connectivity index (χ3v) is 9.67. The van der Waals surface area contributed by atoms with Gasteiger partial charge in [0.05, 0.1) is 12.1 Å². The number of nitrogens with zero attached hydrogens (tertiary/aromatic N) is 4. The number of likely N-dealkylation sites (N-methyl/N-ethyl adjacent to an activating group) is 2. The second kappa shape index (κ2) is 17.5. The molecule has 1 N–H and O–H groups in total. The minimum Gasteiger partial charge on any atom is -0.344 e. The average molecular weight is 632 g/mol. The van der Waals surface area contributed by atoms with Crippen LogP contribution in [0.3, 0.4) is 0 Å². The number of nitrogens with one attached hydrogen (secondary N) is 1. The Hall–Kier alpha value is -2.42. The third kappa shape index (κ3) is 10.5. The highest BCUT2D eigenvalue weighted by Crippen LogP contribution is 2.27. The van der Waals surface area contributed by atoms with E-state index in [1.807, 2.05) is 47.7 Å². The van der Waals surface area contributed by atoms with Crippen LogP contribution >= 0.6 is 0 Å². The monoisotopic (exact) mass is 632 g/mol.